The van der Waals surface area contributed by atoms with Gasteiger partial charge in [0.1, 0.15) is 6.33 Å². The minimum Gasteiger partial charge on any atom is -0.320 e. The van der Waals surface area contributed by atoms with E-state index in [4.69, 9.17) is 0 Å². The van der Waals surface area contributed by atoms with E-state index < -0.39 is 0 Å². The summed E-state index contributed by atoms with van der Waals surface area (Å²) in [6, 6.07) is 9.15. The summed E-state index contributed by atoms with van der Waals surface area (Å²) in [5, 5.41) is 10.9. The van der Waals surface area contributed by atoms with Gasteiger partial charge in [-0.25, -0.2) is 4.98 Å². The molecule has 0 fully saturated rings. The van der Waals surface area contributed by atoms with Crippen LogP contribution in [0.3, 0.4) is 0 Å². The third-order valence-electron chi connectivity index (χ3n) is 3.50. The maximum atomic E-state index is 12.2. The molecule has 0 unspecified atom stereocenters. The summed E-state index contributed by atoms with van der Waals surface area (Å²) in [6.45, 7) is 3.98. The number of hydrogen-bond acceptors (Lipinski definition) is 4. The van der Waals surface area contributed by atoms with Crippen molar-refractivity contribution in [2.75, 3.05) is 5.32 Å². The predicted molar refractivity (Wildman–Crippen MR) is 83.0 cm³/mol. The van der Waals surface area contributed by atoms with Crippen molar-refractivity contribution in [3.63, 3.8) is 0 Å². The first-order chi connectivity index (χ1) is 10.6. The third-order valence-corrected chi connectivity index (χ3v) is 3.50. The van der Waals surface area contributed by atoms with E-state index in [0.29, 0.717) is 5.82 Å². The van der Waals surface area contributed by atoms with Crippen LogP contribution in [-0.4, -0.2) is 25.7 Å². The van der Waals surface area contributed by atoms with Gasteiger partial charge in [0, 0.05) is 18.1 Å². The Morgan fingerprint density at radius 1 is 1.14 bits per heavy atom. The standard InChI is InChI=1S/C16H15N5O/c1-11-4-3-5-13(12(11)2)18-16(22)14-6-7-15(20-19-14)21-9-8-17-10-21/h3-10H,1-2H3,(H,18,22). The quantitative estimate of drug-likeness (QED) is 0.805. The summed E-state index contributed by atoms with van der Waals surface area (Å²) in [7, 11) is 0. The van der Waals surface area contributed by atoms with Gasteiger partial charge in [0.2, 0.25) is 0 Å². The van der Waals surface area contributed by atoms with E-state index in [-0.39, 0.29) is 11.6 Å². The van der Waals surface area contributed by atoms with Crippen LogP contribution in [-0.2, 0) is 0 Å². The lowest BCUT2D eigenvalue weighted by Gasteiger charge is -2.09. The van der Waals surface area contributed by atoms with Gasteiger partial charge in [-0.05, 0) is 43.2 Å². The van der Waals surface area contributed by atoms with Crippen molar-refractivity contribution < 1.29 is 4.79 Å². The van der Waals surface area contributed by atoms with E-state index in [1.807, 2.05) is 32.0 Å². The van der Waals surface area contributed by atoms with Crippen LogP contribution in [0.25, 0.3) is 5.82 Å². The highest BCUT2D eigenvalue weighted by molar-refractivity contribution is 6.03. The zero-order valence-electron chi connectivity index (χ0n) is 12.3. The topological polar surface area (TPSA) is 72.7 Å². The number of rotatable bonds is 3. The van der Waals surface area contributed by atoms with Crippen LogP contribution >= 0.6 is 0 Å². The number of aryl methyl sites for hydroxylation is 1. The number of carbonyl (C=O) groups is 1. The van der Waals surface area contributed by atoms with E-state index in [2.05, 4.69) is 20.5 Å². The van der Waals surface area contributed by atoms with E-state index in [1.165, 1.54) is 0 Å². The van der Waals surface area contributed by atoms with Gasteiger partial charge in [0.15, 0.2) is 11.5 Å². The Labute approximate surface area is 127 Å². The van der Waals surface area contributed by atoms with E-state index in [1.54, 1.807) is 35.4 Å². The maximum absolute atomic E-state index is 12.2. The minimum atomic E-state index is -0.279. The molecule has 1 amide bonds. The van der Waals surface area contributed by atoms with Gasteiger partial charge < -0.3 is 5.32 Å². The van der Waals surface area contributed by atoms with Crippen molar-refractivity contribution in [2.45, 2.75) is 13.8 Å². The van der Waals surface area contributed by atoms with Gasteiger partial charge in [0.25, 0.3) is 5.91 Å². The molecule has 0 atom stereocenters. The number of imidazole rings is 1. The number of nitrogens with one attached hydrogen (secondary N) is 1. The highest BCUT2D eigenvalue weighted by atomic mass is 16.1. The van der Waals surface area contributed by atoms with Crippen LogP contribution in [0, 0.1) is 13.8 Å². The minimum absolute atomic E-state index is 0.268. The highest BCUT2D eigenvalue weighted by Crippen LogP contribution is 2.18. The number of hydrogen-bond donors (Lipinski definition) is 1. The monoisotopic (exact) mass is 293 g/mol. The van der Waals surface area contributed by atoms with Gasteiger partial charge in [0.05, 0.1) is 0 Å². The molecule has 0 bridgehead atoms. The first-order valence-electron chi connectivity index (χ1n) is 6.85. The summed E-state index contributed by atoms with van der Waals surface area (Å²) in [5.74, 6) is 0.333. The Morgan fingerprint density at radius 3 is 2.68 bits per heavy atom. The fraction of sp³-hybridized carbons (Fsp3) is 0.125. The highest BCUT2D eigenvalue weighted by Gasteiger charge is 2.11. The molecular weight excluding hydrogens is 278 g/mol. The maximum Gasteiger partial charge on any atom is 0.276 e. The zero-order valence-corrected chi connectivity index (χ0v) is 12.3. The Kier molecular flexibility index (Phi) is 3.65. The molecule has 0 radical (unpaired) electrons. The Hall–Kier alpha value is -3.02. The van der Waals surface area contributed by atoms with Gasteiger partial charge in [-0.15, -0.1) is 10.2 Å². The molecule has 3 rings (SSSR count). The second-order valence-corrected chi connectivity index (χ2v) is 4.95. The summed E-state index contributed by atoms with van der Waals surface area (Å²) >= 11 is 0. The molecule has 110 valence electrons. The van der Waals surface area contributed by atoms with Crippen molar-refractivity contribution in [2.24, 2.45) is 0 Å². The Balaban J connectivity index is 1.79. The van der Waals surface area contributed by atoms with Crippen LogP contribution in [0.1, 0.15) is 21.6 Å². The number of anilines is 1. The summed E-state index contributed by atoms with van der Waals surface area (Å²) in [4.78, 5) is 16.2. The van der Waals surface area contributed by atoms with Gasteiger partial charge in [-0.1, -0.05) is 12.1 Å². The summed E-state index contributed by atoms with van der Waals surface area (Å²) in [6.07, 6.45) is 5.04. The van der Waals surface area contributed by atoms with Crippen LogP contribution < -0.4 is 5.32 Å². The number of nitrogens with zero attached hydrogens (tertiary/aromatic N) is 4. The van der Waals surface area contributed by atoms with Crippen LogP contribution in [0.15, 0.2) is 49.1 Å². The number of aromatic nitrogens is 4. The molecule has 1 N–H and O–H groups in total. The predicted octanol–water partition coefficient (Wildman–Crippen LogP) is 2.53. The molecule has 2 aromatic heterocycles. The lowest BCUT2D eigenvalue weighted by molar-refractivity contribution is 0.102. The van der Waals surface area contributed by atoms with Crippen molar-refractivity contribution in [3.8, 4) is 5.82 Å². The van der Waals surface area contributed by atoms with Crippen LogP contribution in [0.2, 0.25) is 0 Å². The lowest BCUT2D eigenvalue weighted by atomic mass is 10.1. The van der Waals surface area contributed by atoms with Crippen LogP contribution in [0.5, 0.6) is 0 Å². The fourth-order valence-electron chi connectivity index (χ4n) is 2.05. The van der Waals surface area contributed by atoms with E-state index >= 15 is 0 Å². The van der Waals surface area contributed by atoms with Gasteiger partial charge >= 0.3 is 0 Å². The van der Waals surface area contributed by atoms with Crippen molar-refractivity contribution in [1.82, 2.24) is 19.7 Å². The molecule has 6 heteroatoms. The molecule has 1 aromatic carbocycles. The summed E-state index contributed by atoms with van der Waals surface area (Å²) in [5.41, 5.74) is 3.22. The average molecular weight is 293 g/mol. The molecule has 0 spiro atoms. The van der Waals surface area contributed by atoms with E-state index in [9.17, 15) is 4.79 Å². The normalized spacial score (nSPS) is 10.5. The molecule has 3 aromatic rings. The molecule has 0 aliphatic heterocycles. The lowest BCUT2D eigenvalue weighted by Crippen LogP contribution is -2.15. The molecule has 0 aliphatic carbocycles. The van der Waals surface area contributed by atoms with Crippen molar-refractivity contribution in [1.29, 1.82) is 0 Å². The number of amides is 1. The van der Waals surface area contributed by atoms with Crippen molar-refractivity contribution >= 4 is 11.6 Å². The Morgan fingerprint density at radius 2 is 2.00 bits per heavy atom. The van der Waals surface area contributed by atoms with Crippen molar-refractivity contribution in [3.05, 3.63) is 65.9 Å². The third kappa shape index (κ3) is 2.71. The largest absolute Gasteiger partial charge is 0.320 e. The Bertz CT molecular complexity index is 794. The molecule has 22 heavy (non-hydrogen) atoms. The van der Waals surface area contributed by atoms with Gasteiger partial charge in [-0.3, -0.25) is 9.36 Å². The zero-order chi connectivity index (χ0) is 15.5. The molecule has 0 aliphatic rings. The fourth-order valence-corrected chi connectivity index (χ4v) is 2.05. The van der Waals surface area contributed by atoms with Gasteiger partial charge in [-0.2, -0.15) is 0 Å². The molecule has 2 heterocycles. The second kappa shape index (κ2) is 5.77. The van der Waals surface area contributed by atoms with E-state index in [0.717, 1.165) is 16.8 Å². The summed E-state index contributed by atoms with van der Waals surface area (Å²) < 4.78 is 1.72. The SMILES string of the molecule is Cc1cccc(NC(=O)c2ccc(-n3ccnc3)nn2)c1C. The second-order valence-electron chi connectivity index (χ2n) is 4.95. The molecule has 6 nitrogen and oxygen atoms in total. The smallest absolute Gasteiger partial charge is 0.276 e. The molecule has 0 saturated heterocycles. The molecular formula is C16H15N5O. The first-order valence-corrected chi connectivity index (χ1v) is 6.85. The molecule has 0 saturated carbocycles. The average Bonchev–Trinajstić information content (AvgIpc) is 3.06. The van der Waals surface area contributed by atoms with Crippen LogP contribution in [0.4, 0.5) is 5.69 Å². The first kappa shape index (κ1) is 13.9. The number of benzene rings is 1. The number of carbonyl (C=O) groups excluding carboxylic acids is 1.